The lowest BCUT2D eigenvalue weighted by Crippen LogP contribution is -2.59. The first kappa shape index (κ1) is 36.3. The maximum atomic E-state index is 13.7. The normalized spacial score (nSPS) is 23.6. The van der Waals surface area contributed by atoms with Gasteiger partial charge in [-0.3, -0.25) is 29.0 Å². The van der Waals surface area contributed by atoms with Gasteiger partial charge in [-0.15, -0.1) is 0 Å². The number of rotatable bonds is 4. The number of amides is 5. The Bertz CT molecular complexity index is 1460. The standard InChI is InChI=1S/C35H48N6O7/c1-22(2)30-33(46)37-21-35(11-14-41(15-12-35)29(44)17-26-9-7-13-36-19-26)18-25-8-6-10-27(16-25)48-20-28(43)38-31(24(4)42)34(47)40(5)23(3)32(45)39-30/h6-10,13,16,19,22-24,30-31,42H,11-12,14-15,17-18,20-21H2,1-5H3,(H,37,46)(H,38,43)(H,39,45)/t23-,24+,30+,31-/m0/s1. The van der Waals surface area contributed by atoms with Gasteiger partial charge in [-0.1, -0.05) is 32.0 Å². The molecule has 1 fully saturated rings. The molecule has 48 heavy (non-hydrogen) atoms. The number of carbonyl (C=O) groups excluding carboxylic acids is 5. The number of ether oxygens (including phenoxy) is 1. The molecule has 0 saturated carbocycles. The van der Waals surface area contributed by atoms with Crippen LogP contribution in [0, 0.1) is 11.3 Å². The Morgan fingerprint density at radius 3 is 2.42 bits per heavy atom. The van der Waals surface area contributed by atoms with E-state index in [4.69, 9.17) is 4.74 Å². The van der Waals surface area contributed by atoms with Crippen LogP contribution in [-0.4, -0.2) is 107 Å². The zero-order valence-electron chi connectivity index (χ0n) is 28.4. The Labute approximate surface area is 281 Å². The van der Waals surface area contributed by atoms with E-state index in [2.05, 4.69) is 20.9 Å². The van der Waals surface area contributed by atoms with Crippen LogP contribution >= 0.6 is 0 Å². The summed E-state index contributed by atoms with van der Waals surface area (Å²) in [5.41, 5.74) is 1.37. The van der Waals surface area contributed by atoms with Crippen LogP contribution in [-0.2, 0) is 36.8 Å². The van der Waals surface area contributed by atoms with Gasteiger partial charge in [-0.05, 0) is 73.8 Å². The van der Waals surface area contributed by atoms with Gasteiger partial charge in [-0.2, -0.15) is 0 Å². The summed E-state index contributed by atoms with van der Waals surface area (Å²) in [5.74, 6) is -1.98. The lowest BCUT2D eigenvalue weighted by molar-refractivity contribution is -0.144. The maximum Gasteiger partial charge on any atom is 0.258 e. The molecule has 13 nitrogen and oxygen atoms in total. The molecule has 2 bridgehead atoms. The molecule has 3 heterocycles. The highest BCUT2D eigenvalue weighted by Crippen LogP contribution is 2.36. The van der Waals surface area contributed by atoms with Crippen LogP contribution in [0.25, 0.3) is 0 Å². The number of nitrogens with zero attached hydrogens (tertiary/aromatic N) is 3. The monoisotopic (exact) mass is 664 g/mol. The summed E-state index contributed by atoms with van der Waals surface area (Å²) in [6.45, 7) is 7.48. The Kier molecular flexibility index (Phi) is 12.1. The van der Waals surface area contributed by atoms with Gasteiger partial charge >= 0.3 is 0 Å². The van der Waals surface area contributed by atoms with Crippen molar-refractivity contribution in [3.8, 4) is 5.75 Å². The Morgan fingerprint density at radius 2 is 1.77 bits per heavy atom. The predicted molar refractivity (Wildman–Crippen MR) is 177 cm³/mol. The lowest BCUT2D eigenvalue weighted by Gasteiger charge is -2.42. The molecule has 0 aliphatic carbocycles. The fourth-order valence-electron chi connectivity index (χ4n) is 6.15. The molecule has 4 N–H and O–H groups in total. The third-order valence-corrected chi connectivity index (χ3v) is 9.36. The number of nitrogens with one attached hydrogen (secondary N) is 3. The first-order valence-corrected chi connectivity index (χ1v) is 16.5. The zero-order chi connectivity index (χ0) is 35.0. The molecule has 4 atom stereocenters. The summed E-state index contributed by atoms with van der Waals surface area (Å²) in [5, 5.41) is 18.8. The number of benzene rings is 1. The number of aromatic nitrogens is 1. The van der Waals surface area contributed by atoms with Crippen molar-refractivity contribution in [1.29, 1.82) is 0 Å². The topological polar surface area (TPSA) is 170 Å². The molecule has 4 rings (SSSR count). The van der Waals surface area contributed by atoms with Gasteiger partial charge in [-0.25, -0.2) is 0 Å². The number of likely N-dealkylation sites (tertiary alicyclic amines) is 1. The third-order valence-electron chi connectivity index (χ3n) is 9.36. The van der Waals surface area contributed by atoms with Crippen LogP contribution in [0.2, 0.25) is 0 Å². The number of fused-ring (bicyclic) bond motifs is 2. The minimum atomic E-state index is -1.32. The summed E-state index contributed by atoms with van der Waals surface area (Å²) >= 11 is 0. The predicted octanol–water partition coefficient (Wildman–Crippen LogP) is 0.838. The van der Waals surface area contributed by atoms with Crippen molar-refractivity contribution in [1.82, 2.24) is 30.7 Å². The smallest absolute Gasteiger partial charge is 0.258 e. The number of hydrogen-bond acceptors (Lipinski definition) is 8. The fourth-order valence-corrected chi connectivity index (χ4v) is 6.15. The molecule has 1 saturated heterocycles. The third kappa shape index (κ3) is 9.30. The Balaban J connectivity index is 1.60. The molecule has 0 unspecified atom stereocenters. The number of hydrogen-bond donors (Lipinski definition) is 4. The van der Waals surface area contributed by atoms with Crippen molar-refractivity contribution >= 4 is 29.5 Å². The minimum Gasteiger partial charge on any atom is -0.484 e. The highest BCUT2D eigenvalue weighted by atomic mass is 16.5. The van der Waals surface area contributed by atoms with Crippen molar-refractivity contribution in [2.24, 2.45) is 11.3 Å². The molecule has 1 spiro atoms. The number of aliphatic hydroxyl groups excluding tert-OH is 1. The quantitative estimate of drug-likeness (QED) is 0.373. The van der Waals surface area contributed by atoms with Crippen LogP contribution < -0.4 is 20.7 Å². The van der Waals surface area contributed by atoms with Crippen molar-refractivity contribution in [2.45, 2.75) is 77.6 Å². The maximum absolute atomic E-state index is 13.7. The zero-order valence-corrected chi connectivity index (χ0v) is 28.4. The van der Waals surface area contributed by atoms with Gasteiger partial charge in [0.25, 0.3) is 5.91 Å². The SMILES string of the molecule is CC(C)[C@H]1NC(=O)[C@H](C)N(C)C(=O)[C@H]([C@@H](C)O)NC(=O)COc2cccc(c2)CC2(CCN(C(=O)Cc3cccnc3)CC2)CNC1=O. The van der Waals surface area contributed by atoms with Crippen molar-refractivity contribution in [2.75, 3.05) is 33.3 Å². The highest BCUT2D eigenvalue weighted by molar-refractivity contribution is 5.94. The number of likely N-dealkylation sites (N-methyl/N-ethyl adjacent to an activating group) is 1. The molecular weight excluding hydrogens is 616 g/mol. The highest BCUT2D eigenvalue weighted by Gasteiger charge is 2.39. The van der Waals surface area contributed by atoms with E-state index >= 15 is 0 Å². The molecular formula is C35H48N6O7. The van der Waals surface area contributed by atoms with Crippen LogP contribution in [0.1, 0.15) is 51.7 Å². The van der Waals surface area contributed by atoms with Crippen LogP contribution in [0.15, 0.2) is 48.8 Å². The summed E-state index contributed by atoms with van der Waals surface area (Å²) in [4.78, 5) is 73.4. The van der Waals surface area contributed by atoms with E-state index in [1.165, 1.54) is 20.9 Å². The van der Waals surface area contributed by atoms with E-state index in [0.29, 0.717) is 44.6 Å². The van der Waals surface area contributed by atoms with Gasteiger partial charge in [0.2, 0.25) is 23.6 Å². The summed E-state index contributed by atoms with van der Waals surface area (Å²) in [7, 11) is 1.40. The molecule has 2 aliphatic rings. The largest absolute Gasteiger partial charge is 0.484 e. The number of carbonyl (C=O) groups is 5. The van der Waals surface area contributed by atoms with Gasteiger partial charge in [0.05, 0.1) is 12.5 Å². The second kappa shape index (κ2) is 16.1. The van der Waals surface area contributed by atoms with Crippen LogP contribution in [0.4, 0.5) is 0 Å². The molecule has 13 heteroatoms. The second-order valence-corrected chi connectivity index (χ2v) is 13.4. The minimum absolute atomic E-state index is 0.0182. The number of pyridine rings is 1. The van der Waals surface area contributed by atoms with Gasteiger partial charge in [0.1, 0.15) is 23.9 Å². The fraction of sp³-hybridized carbons (Fsp3) is 0.543. The van der Waals surface area contributed by atoms with Gasteiger partial charge in [0.15, 0.2) is 6.61 Å². The van der Waals surface area contributed by atoms with Crippen molar-refractivity contribution in [3.05, 3.63) is 59.9 Å². The molecule has 0 radical (unpaired) electrons. The Morgan fingerprint density at radius 1 is 1.04 bits per heavy atom. The Hall–Kier alpha value is -4.52. The van der Waals surface area contributed by atoms with E-state index < -0.39 is 54.0 Å². The first-order valence-electron chi connectivity index (χ1n) is 16.5. The number of piperidine rings is 1. The average Bonchev–Trinajstić information content (AvgIpc) is 3.06. The summed E-state index contributed by atoms with van der Waals surface area (Å²) in [6.07, 6.45) is 4.20. The first-order chi connectivity index (χ1) is 22.8. The van der Waals surface area contributed by atoms with Crippen LogP contribution in [0.5, 0.6) is 5.75 Å². The van der Waals surface area contributed by atoms with Crippen molar-refractivity contribution in [3.63, 3.8) is 0 Å². The summed E-state index contributed by atoms with van der Waals surface area (Å²) in [6, 6.07) is 7.83. The second-order valence-electron chi connectivity index (χ2n) is 13.4. The lowest BCUT2D eigenvalue weighted by atomic mass is 9.73. The molecule has 1 aromatic carbocycles. The molecule has 1 aromatic heterocycles. The van der Waals surface area contributed by atoms with Crippen LogP contribution in [0.3, 0.4) is 0 Å². The number of aliphatic hydroxyl groups is 1. The molecule has 2 aliphatic heterocycles. The van der Waals surface area contributed by atoms with E-state index in [0.717, 1.165) is 16.0 Å². The van der Waals surface area contributed by atoms with Crippen molar-refractivity contribution < 1.29 is 33.8 Å². The molecule has 2 aromatic rings. The van der Waals surface area contributed by atoms with E-state index in [1.54, 1.807) is 18.5 Å². The molecule has 260 valence electrons. The van der Waals surface area contributed by atoms with E-state index in [9.17, 15) is 29.1 Å². The van der Waals surface area contributed by atoms with Gasteiger partial charge in [0, 0.05) is 39.1 Å². The average molecular weight is 665 g/mol. The van der Waals surface area contributed by atoms with Gasteiger partial charge < -0.3 is 35.6 Å². The van der Waals surface area contributed by atoms with E-state index in [-0.39, 0.29) is 24.2 Å². The van der Waals surface area contributed by atoms with E-state index in [1.807, 2.05) is 49.1 Å². The summed E-state index contributed by atoms with van der Waals surface area (Å²) < 4.78 is 5.78. The molecule has 5 amide bonds.